The second-order valence-electron chi connectivity index (χ2n) is 6.49. The second kappa shape index (κ2) is 8.12. The fourth-order valence-corrected chi connectivity index (χ4v) is 3.43. The van der Waals surface area contributed by atoms with Crippen molar-refractivity contribution < 1.29 is 9.59 Å². The molecule has 144 valence electrons. The number of benzene rings is 2. The van der Waals surface area contributed by atoms with E-state index in [1.165, 1.54) is 9.80 Å². The predicted octanol–water partition coefficient (Wildman–Crippen LogP) is 3.97. The highest BCUT2D eigenvalue weighted by Crippen LogP contribution is 2.27. The third-order valence-corrected chi connectivity index (χ3v) is 5.11. The SMILES string of the molecule is CCN1C(=O)/C(=C/c2ccc(N(C)C)cc2)C(=O)N(c2ccc(Cl)cc2)C1=S. The first kappa shape index (κ1) is 20.0. The van der Waals surface area contributed by atoms with Gasteiger partial charge in [0, 0.05) is 31.4 Å². The van der Waals surface area contributed by atoms with E-state index in [2.05, 4.69) is 0 Å². The summed E-state index contributed by atoms with van der Waals surface area (Å²) in [5.41, 5.74) is 2.44. The number of carbonyl (C=O) groups is 2. The van der Waals surface area contributed by atoms with Crippen LogP contribution < -0.4 is 9.80 Å². The smallest absolute Gasteiger partial charge is 0.270 e. The van der Waals surface area contributed by atoms with Gasteiger partial charge in [0.15, 0.2) is 5.11 Å². The molecule has 0 aliphatic carbocycles. The van der Waals surface area contributed by atoms with Gasteiger partial charge in [-0.05, 0) is 67.2 Å². The Hall–Kier alpha value is -2.70. The molecule has 28 heavy (non-hydrogen) atoms. The minimum atomic E-state index is -0.446. The van der Waals surface area contributed by atoms with Gasteiger partial charge in [-0.2, -0.15) is 0 Å². The molecule has 3 rings (SSSR count). The summed E-state index contributed by atoms with van der Waals surface area (Å²) in [4.78, 5) is 30.8. The number of anilines is 2. The number of amides is 2. The molecule has 0 aromatic heterocycles. The fraction of sp³-hybridized carbons (Fsp3) is 0.190. The molecule has 2 aromatic rings. The van der Waals surface area contributed by atoms with Crippen molar-refractivity contribution in [1.29, 1.82) is 0 Å². The summed E-state index contributed by atoms with van der Waals surface area (Å²) < 4.78 is 0. The lowest BCUT2D eigenvalue weighted by molar-refractivity contribution is -0.127. The summed E-state index contributed by atoms with van der Waals surface area (Å²) in [6.07, 6.45) is 1.61. The summed E-state index contributed by atoms with van der Waals surface area (Å²) in [7, 11) is 3.90. The largest absolute Gasteiger partial charge is 0.378 e. The lowest BCUT2D eigenvalue weighted by Crippen LogP contribution is -2.56. The molecule has 0 spiro atoms. The van der Waals surface area contributed by atoms with Crippen LogP contribution in [0.2, 0.25) is 5.02 Å². The van der Waals surface area contributed by atoms with Crippen molar-refractivity contribution in [3.8, 4) is 0 Å². The van der Waals surface area contributed by atoms with Crippen molar-refractivity contribution in [3.63, 3.8) is 0 Å². The number of thiocarbonyl (C=S) groups is 1. The van der Waals surface area contributed by atoms with Gasteiger partial charge >= 0.3 is 0 Å². The van der Waals surface area contributed by atoms with Crippen molar-refractivity contribution in [2.45, 2.75) is 6.92 Å². The highest BCUT2D eigenvalue weighted by atomic mass is 35.5. The van der Waals surface area contributed by atoms with Gasteiger partial charge in [-0.3, -0.25) is 19.4 Å². The zero-order valence-corrected chi connectivity index (χ0v) is 17.4. The van der Waals surface area contributed by atoms with Crippen LogP contribution in [0.4, 0.5) is 11.4 Å². The van der Waals surface area contributed by atoms with Gasteiger partial charge in [-0.15, -0.1) is 0 Å². The maximum Gasteiger partial charge on any atom is 0.270 e. The lowest BCUT2D eigenvalue weighted by Gasteiger charge is -2.36. The van der Waals surface area contributed by atoms with Gasteiger partial charge in [0.05, 0.1) is 5.69 Å². The molecule has 7 heteroatoms. The highest BCUT2D eigenvalue weighted by molar-refractivity contribution is 7.80. The number of halogens is 1. The minimum absolute atomic E-state index is 0.0722. The van der Waals surface area contributed by atoms with E-state index in [1.807, 2.05) is 50.2 Å². The maximum atomic E-state index is 13.2. The van der Waals surface area contributed by atoms with Crippen LogP contribution in [0.15, 0.2) is 54.1 Å². The van der Waals surface area contributed by atoms with Crippen LogP contribution in [0.3, 0.4) is 0 Å². The molecule has 0 bridgehead atoms. The van der Waals surface area contributed by atoms with Crippen molar-refractivity contribution in [2.75, 3.05) is 30.4 Å². The normalized spacial score (nSPS) is 16.1. The third kappa shape index (κ3) is 3.79. The van der Waals surface area contributed by atoms with Gasteiger partial charge in [0.1, 0.15) is 5.57 Å². The minimum Gasteiger partial charge on any atom is -0.378 e. The van der Waals surface area contributed by atoms with E-state index in [0.29, 0.717) is 17.3 Å². The summed E-state index contributed by atoms with van der Waals surface area (Å²) in [6, 6.07) is 14.4. The fourth-order valence-electron chi connectivity index (χ4n) is 2.91. The van der Waals surface area contributed by atoms with Gasteiger partial charge < -0.3 is 4.90 Å². The van der Waals surface area contributed by atoms with E-state index in [9.17, 15) is 9.59 Å². The predicted molar refractivity (Wildman–Crippen MR) is 118 cm³/mol. The standard InChI is InChI=1S/C21H20ClN3O2S/c1-4-24-19(26)18(13-14-5-9-16(10-6-14)23(2)3)20(27)25(21(24)28)17-11-7-15(22)8-12-17/h5-13H,4H2,1-3H3/b18-13-. The number of carbonyl (C=O) groups excluding carboxylic acids is 2. The quantitative estimate of drug-likeness (QED) is 0.432. The molecular weight excluding hydrogens is 394 g/mol. The van der Waals surface area contributed by atoms with Gasteiger partial charge in [0.25, 0.3) is 11.8 Å². The molecular formula is C21H20ClN3O2S. The van der Waals surface area contributed by atoms with Crippen LogP contribution >= 0.6 is 23.8 Å². The maximum absolute atomic E-state index is 13.2. The molecule has 1 saturated heterocycles. The van der Waals surface area contributed by atoms with Gasteiger partial charge in [0.2, 0.25) is 0 Å². The molecule has 0 unspecified atom stereocenters. The van der Waals surface area contributed by atoms with E-state index in [-0.39, 0.29) is 16.6 Å². The first-order valence-electron chi connectivity index (χ1n) is 8.78. The average molecular weight is 414 g/mol. The van der Waals surface area contributed by atoms with Crippen LogP contribution in [0.5, 0.6) is 0 Å². The summed E-state index contributed by atoms with van der Waals surface area (Å²) >= 11 is 11.4. The van der Waals surface area contributed by atoms with Crippen molar-refractivity contribution >= 4 is 58.2 Å². The molecule has 2 amide bonds. The van der Waals surface area contributed by atoms with E-state index >= 15 is 0 Å². The second-order valence-corrected chi connectivity index (χ2v) is 7.29. The Morgan fingerprint density at radius 1 is 1.00 bits per heavy atom. The highest BCUT2D eigenvalue weighted by Gasteiger charge is 2.39. The Bertz CT molecular complexity index is 953. The first-order chi connectivity index (χ1) is 13.3. The third-order valence-electron chi connectivity index (χ3n) is 4.45. The van der Waals surface area contributed by atoms with Gasteiger partial charge in [-0.25, -0.2) is 0 Å². The first-order valence-corrected chi connectivity index (χ1v) is 9.57. The number of likely N-dealkylation sites (N-methyl/N-ethyl adjacent to an activating group) is 1. The molecule has 5 nitrogen and oxygen atoms in total. The van der Waals surface area contributed by atoms with E-state index in [1.54, 1.807) is 30.3 Å². The van der Waals surface area contributed by atoms with Gasteiger partial charge in [-0.1, -0.05) is 23.7 Å². The molecule has 1 fully saturated rings. The Morgan fingerprint density at radius 3 is 2.14 bits per heavy atom. The van der Waals surface area contributed by atoms with Crippen LogP contribution in [-0.2, 0) is 9.59 Å². The Morgan fingerprint density at radius 2 is 1.61 bits per heavy atom. The topological polar surface area (TPSA) is 43.9 Å². The van der Waals surface area contributed by atoms with Crippen molar-refractivity contribution in [3.05, 3.63) is 64.7 Å². The number of hydrogen-bond donors (Lipinski definition) is 0. The van der Waals surface area contributed by atoms with Crippen molar-refractivity contribution in [2.24, 2.45) is 0 Å². The molecule has 0 radical (unpaired) electrons. The Labute approximate surface area is 174 Å². The molecule has 1 aliphatic rings. The molecule has 0 atom stereocenters. The number of nitrogens with zero attached hydrogens (tertiary/aromatic N) is 3. The number of hydrogen-bond acceptors (Lipinski definition) is 4. The Kier molecular flexibility index (Phi) is 5.82. The summed E-state index contributed by atoms with van der Waals surface area (Å²) in [5, 5.41) is 0.722. The van der Waals surface area contributed by atoms with E-state index in [0.717, 1.165) is 11.3 Å². The Balaban J connectivity index is 2.03. The summed E-state index contributed by atoms with van der Waals surface area (Å²) in [5.74, 6) is -0.835. The zero-order valence-electron chi connectivity index (χ0n) is 15.8. The summed E-state index contributed by atoms with van der Waals surface area (Å²) in [6.45, 7) is 2.19. The van der Waals surface area contributed by atoms with Crippen LogP contribution in [0, 0.1) is 0 Å². The van der Waals surface area contributed by atoms with E-state index in [4.69, 9.17) is 23.8 Å². The molecule has 0 saturated carbocycles. The van der Waals surface area contributed by atoms with Crippen molar-refractivity contribution in [1.82, 2.24) is 4.90 Å². The number of rotatable bonds is 4. The van der Waals surface area contributed by atoms with E-state index < -0.39 is 5.91 Å². The van der Waals surface area contributed by atoms with Crippen LogP contribution in [-0.4, -0.2) is 42.5 Å². The molecule has 2 aromatic carbocycles. The molecule has 0 N–H and O–H groups in total. The average Bonchev–Trinajstić information content (AvgIpc) is 2.67. The lowest BCUT2D eigenvalue weighted by atomic mass is 10.1. The van der Waals surface area contributed by atoms with Crippen LogP contribution in [0.1, 0.15) is 12.5 Å². The monoisotopic (exact) mass is 413 g/mol. The van der Waals surface area contributed by atoms with Crippen LogP contribution in [0.25, 0.3) is 6.08 Å². The zero-order chi connectivity index (χ0) is 20.4. The molecule has 1 aliphatic heterocycles. The molecule has 1 heterocycles.